The summed E-state index contributed by atoms with van der Waals surface area (Å²) in [5.74, 6) is -0.233. The lowest BCUT2D eigenvalue weighted by molar-refractivity contribution is -0.136. The molecule has 0 radical (unpaired) electrons. The molecule has 3 saturated heterocycles. The molecule has 33 heavy (non-hydrogen) atoms. The first-order valence-electron chi connectivity index (χ1n) is 11.6. The number of carbonyl (C=O) groups is 3. The molecule has 174 valence electrons. The molecule has 0 bridgehead atoms. The van der Waals surface area contributed by atoms with Crippen molar-refractivity contribution in [2.24, 2.45) is 0 Å². The topological polar surface area (TPSA) is 83.3 Å². The van der Waals surface area contributed by atoms with Crippen LogP contribution >= 0.6 is 0 Å². The Balaban J connectivity index is 1.38. The second-order valence-corrected chi connectivity index (χ2v) is 9.06. The van der Waals surface area contributed by atoms with E-state index in [1.165, 1.54) is 6.26 Å². The Morgan fingerprint density at radius 3 is 2.30 bits per heavy atom. The minimum Gasteiger partial charge on any atom is -0.459 e. The molecule has 4 heterocycles. The molecule has 0 saturated carbocycles. The normalized spacial score (nSPS) is 22.2. The van der Waals surface area contributed by atoms with Gasteiger partial charge in [0.1, 0.15) is 11.8 Å². The maximum atomic E-state index is 13.5. The summed E-state index contributed by atoms with van der Waals surface area (Å²) < 4.78 is 11.6. The van der Waals surface area contributed by atoms with Gasteiger partial charge in [0, 0.05) is 44.6 Å². The molecule has 2 aromatic rings. The van der Waals surface area contributed by atoms with Crippen molar-refractivity contribution in [3.8, 4) is 0 Å². The number of carbonyl (C=O) groups excluding carboxylic acids is 3. The standard InChI is InChI=1S/C25H29N3O5/c1-18-7-2-3-8-19(18)22(29)27-14-10-25(11-15-27)28(24(31)21-9-6-16-32-21)20(17-33-25)23(30)26-12-4-5-13-26/h2-3,6-9,16,20H,4-5,10-15,17H2,1H3. The number of aryl methyl sites for hydroxylation is 1. The second kappa shape index (κ2) is 8.67. The zero-order valence-corrected chi connectivity index (χ0v) is 18.9. The summed E-state index contributed by atoms with van der Waals surface area (Å²) in [5.41, 5.74) is 0.698. The maximum Gasteiger partial charge on any atom is 0.292 e. The van der Waals surface area contributed by atoms with Crippen molar-refractivity contribution in [3.63, 3.8) is 0 Å². The molecule has 1 aromatic heterocycles. The van der Waals surface area contributed by atoms with Gasteiger partial charge in [0.05, 0.1) is 12.9 Å². The van der Waals surface area contributed by atoms with E-state index < -0.39 is 11.8 Å². The van der Waals surface area contributed by atoms with Gasteiger partial charge in [0.25, 0.3) is 11.8 Å². The zero-order valence-electron chi connectivity index (χ0n) is 18.9. The van der Waals surface area contributed by atoms with E-state index in [2.05, 4.69) is 0 Å². The van der Waals surface area contributed by atoms with E-state index in [1.54, 1.807) is 17.0 Å². The van der Waals surface area contributed by atoms with E-state index in [0.717, 1.165) is 18.4 Å². The molecule has 1 aromatic carbocycles. The summed E-state index contributed by atoms with van der Waals surface area (Å²) in [5, 5.41) is 0. The number of furan rings is 1. The van der Waals surface area contributed by atoms with Crippen molar-refractivity contribution < 1.29 is 23.5 Å². The highest BCUT2D eigenvalue weighted by Crippen LogP contribution is 2.39. The summed E-state index contributed by atoms with van der Waals surface area (Å²) in [6.45, 7) is 4.40. The van der Waals surface area contributed by atoms with E-state index in [1.807, 2.05) is 41.0 Å². The Morgan fingerprint density at radius 2 is 1.64 bits per heavy atom. The van der Waals surface area contributed by atoms with E-state index in [-0.39, 0.29) is 30.1 Å². The molecular weight excluding hydrogens is 422 g/mol. The number of likely N-dealkylation sites (tertiary alicyclic amines) is 2. The molecule has 3 aliphatic rings. The van der Waals surface area contributed by atoms with Crippen LogP contribution in [-0.2, 0) is 9.53 Å². The molecule has 3 aliphatic heterocycles. The summed E-state index contributed by atoms with van der Waals surface area (Å²) in [6, 6.07) is 10.1. The summed E-state index contributed by atoms with van der Waals surface area (Å²) in [6.07, 6.45) is 4.30. The van der Waals surface area contributed by atoms with Crippen LogP contribution in [0.3, 0.4) is 0 Å². The monoisotopic (exact) mass is 451 g/mol. The van der Waals surface area contributed by atoms with Gasteiger partial charge in [0.15, 0.2) is 5.76 Å². The van der Waals surface area contributed by atoms with Crippen molar-refractivity contribution in [1.82, 2.24) is 14.7 Å². The van der Waals surface area contributed by atoms with Crippen molar-refractivity contribution in [2.75, 3.05) is 32.8 Å². The number of piperidine rings is 1. The highest BCUT2D eigenvalue weighted by molar-refractivity contribution is 5.97. The highest BCUT2D eigenvalue weighted by atomic mass is 16.5. The van der Waals surface area contributed by atoms with Crippen LogP contribution in [0.4, 0.5) is 0 Å². The van der Waals surface area contributed by atoms with Crippen LogP contribution < -0.4 is 0 Å². The molecule has 0 N–H and O–H groups in total. The Labute approximate surface area is 193 Å². The third-order valence-corrected chi connectivity index (χ3v) is 7.12. The van der Waals surface area contributed by atoms with Crippen LogP contribution in [0.2, 0.25) is 0 Å². The van der Waals surface area contributed by atoms with Gasteiger partial charge in [-0.15, -0.1) is 0 Å². The fraction of sp³-hybridized carbons (Fsp3) is 0.480. The number of hydrogen-bond acceptors (Lipinski definition) is 5. The van der Waals surface area contributed by atoms with Crippen LogP contribution in [0.15, 0.2) is 47.1 Å². The first-order chi connectivity index (χ1) is 16.0. The lowest BCUT2D eigenvalue weighted by atomic mass is 9.96. The van der Waals surface area contributed by atoms with Gasteiger partial charge < -0.3 is 19.0 Å². The molecule has 1 atom stereocenters. The Kier molecular flexibility index (Phi) is 5.70. The smallest absolute Gasteiger partial charge is 0.292 e. The number of benzene rings is 1. The number of rotatable bonds is 3. The van der Waals surface area contributed by atoms with E-state index in [9.17, 15) is 14.4 Å². The molecule has 8 nitrogen and oxygen atoms in total. The third kappa shape index (κ3) is 3.82. The van der Waals surface area contributed by atoms with Gasteiger partial charge in [-0.1, -0.05) is 18.2 Å². The van der Waals surface area contributed by atoms with Crippen LogP contribution in [0.25, 0.3) is 0 Å². The Bertz CT molecular complexity index is 1040. The molecule has 8 heteroatoms. The predicted molar refractivity (Wildman–Crippen MR) is 119 cm³/mol. The number of ether oxygens (including phenoxy) is 1. The molecular formula is C25H29N3O5. The van der Waals surface area contributed by atoms with Crippen molar-refractivity contribution in [2.45, 2.75) is 44.4 Å². The maximum absolute atomic E-state index is 13.5. The number of nitrogens with zero attached hydrogens (tertiary/aromatic N) is 3. The Morgan fingerprint density at radius 1 is 0.909 bits per heavy atom. The number of hydrogen-bond donors (Lipinski definition) is 0. The van der Waals surface area contributed by atoms with Gasteiger partial charge >= 0.3 is 0 Å². The average Bonchev–Trinajstić information content (AvgIpc) is 3.60. The number of amides is 3. The predicted octanol–water partition coefficient (Wildman–Crippen LogP) is 2.68. The van der Waals surface area contributed by atoms with Crippen molar-refractivity contribution in [1.29, 1.82) is 0 Å². The van der Waals surface area contributed by atoms with E-state index in [4.69, 9.17) is 9.15 Å². The van der Waals surface area contributed by atoms with E-state index >= 15 is 0 Å². The minimum absolute atomic E-state index is 0.0189. The molecule has 0 aliphatic carbocycles. The highest BCUT2D eigenvalue weighted by Gasteiger charge is 2.55. The zero-order chi connectivity index (χ0) is 23.0. The molecule has 1 unspecified atom stereocenters. The minimum atomic E-state index is -0.924. The summed E-state index contributed by atoms with van der Waals surface area (Å²) in [7, 11) is 0. The van der Waals surface area contributed by atoms with Crippen molar-refractivity contribution in [3.05, 3.63) is 59.5 Å². The van der Waals surface area contributed by atoms with Gasteiger partial charge in [-0.05, 0) is 43.5 Å². The average molecular weight is 452 g/mol. The lowest BCUT2D eigenvalue weighted by Crippen LogP contribution is -2.60. The fourth-order valence-corrected chi connectivity index (χ4v) is 5.27. The van der Waals surface area contributed by atoms with Crippen LogP contribution in [0.5, 0.6) is 0 Å². The first kappa shape index (κ1) is 21.7. The lowest BCUT2D eigenvalue weighted by Gasteiger charge is -2.44. The van der Waals surface area contributed by atoms with Gasteiger partial charge in [-0.25, -0.2) is 0 Å². The summed E-state index contributed by atoms with van der Waals surface area (Å²) in [4.78, 5) is 45.1. The Hall–Kier alpha value is -3.13. The van der Waals surface area contributed by atoms with E-state index in [0.29, 0.717) is 44.6 Å². The van der Waals surface area contributed by atoms with Crippen LogP contribution in [-0.4, -0.2) is 77.0 Å². The SMILES string of the molecule is Cc1ccccc1C(=O)N1CCC2(CC1)OCC(C(=O)N1CCCC1)N2C(=O)c1ccco1. The second-order valence-electron chi connectivity index (χ2n) is 9.06. The van der Waals surface area contributed by atoms with Crippen LogP contribution in [0, 0.1) is 6.92 Å². The van der Waals surface area contributed by atoms with Gasteiger partial charge in [-0.2, -0.15) is 0 Å². The molecule has 5 rings (SSSR count). The molecule has 1 spiro atoms. The molecule has 3 fully saturated rings. The quantitative estimate of drug-likeness (QED) is 0.717. The largest absolute Gasteiger partial charge is 0.459 e. The third-order valence-electron chi connectivity index (χ3n) is 7.12. The summed E-state index contributed by atoms with van der Waals surface area (Å²) >= 11 is 0. The fourth-order valence-electron chi connectivity index (χ4n) is 5.27. The molecule has 3 amide bonds. The van der Waals surface area contributed by atoms with Crippen LogP contribution in [0.1, 0.15) is 52.2 Å². The van der Waals surface area contributed by atoms with Gasteiger partial charge in [0.2, 0.25) is 5.91 Å². The first-order valence-corrected chi connectivity index (χ1v) is 11.6. The van der Waals surface area contributed by atoms with Gasteiger partial charge in [-0.3, -0.25) is 19.3 Å². The van der Waals surface area contributed by atoms with Crippen molar-refractivity contribution >= 4 is 17.7 Å².